The van der Waals surface area contributed by atoms with Crippen molar-refractivity contribution in [1.82, 2.24) is 4.90 Å². The second kappa shape index (κ2) is 12.2. The summed E-state index contributed by atoms with van der Waals surface area (Å²) in [6.45, 7) is 0.112. The van der Waals surface area contributed by atoms with Gasteiger partial charge in [-0.2, -0.15) is 13.2 Å². The Morgan fingerprint density at radius 2 is 1.65 bits per heavy atom. The zero-order chi connectivity index (χ0) is 27.0. The van der Waals surface area contributed by atoms with Crippen molar-refractivity contribution in [2.45, 2.75) is 19.3 Å². The Morgan fingerprint density at radius 3 is 2.32 bits per heavy atom. The molecule has 0 aliphatic carbocycles. The number of carbonyl (C=O) groups is 2. The van der Waals surface area contributed by atoms with Gasteiger partial charge in [0.05, 0.1) is 12.7 Å². The number of ether oxygens (including phenoxy) is 3. The lowest BCUT2D eigenvalue weighted by molar-refractivity contribution is -0.189. The molecule has 3 aromatic carbocycles. The largest absolute Gasteiger partial charge is 0.493 e. The highest BCUT2D eigenvalue weighted by molar-refractivity contribution is 5.97. The molecule has 0 unspecified atom stereocenters. The van der Waals surface area contributed by atoms with Gasteiger partial charge in [0.15, 0.2) is 11.5 Å². The average Bonchev–Trinajstić information content (AvgIpc) is 2.87. The SMILES string of the molecule is COc1cc(CN(CCN)C(=O)c2ccccc2OC(=O)C(F)(F)F)ccc1OCc1ccccc1F. The number of esters is 1. The molecular weight excluding hydrogens is 496 g/mol. The standard InChI is InChI=1S/C26H24F4N2O5/c1-35-23-14-17(10-11-22(23)36-16-18-6-2-4-8-20(18)27)15-32(13-12-31)24(33)19-7-3-5-9-21(19)37-25(34)26(28,29)30/h2-11,14H,12-13,15-16,31H2,1H3. The number of nitrogens with zero attached hydrogens (tertiary/aromatic N) is 1. The number of alkyl halides is 3. The number of methoxy groups -OCH3 is 1. The van der Waals surface area contributed by atoms with E-state index in [9.17, 15) is 27.2 Å². The first kappa shape index (κ1) is 27.5. The second-order valence-electron chi connectivity index (χ2n) is 7.76. The molecule has 0 spiro atoms. The molecule has 7 nitrogen and oxygen atoms in total. The first-order valence-corrected chi connectivity index (χ1v) is 11.0. The van der Waals surface area contributed by atoms with Crippen molar-refractivity contribution in [3.05, 3.63) is 89.2 Å². The van der Waals surface area contributed by atoms with Gasteiger partial charge in [0.2, 0.25) is 0 Å². The predicted octanol–water partition coefficient (Wildman–Crippen LogP) is 4.48. The van der Waals surface area contributed by atoms with Gasteiger partial charge in [-0.05, 0) is 35.9 Å². The van der Waals surface area contributed by atoms with Crippen LogP contribution < -0.4 is 19.9 Å². The third kappa shape index (κ3) is 7.20. The molecule has 0 saturated heterocycles. The Balaban J connectivity index is 1.79. The lowest BCUT2D eigenvalue weighted by Crippen LogP contribution is -2.35. The molecule has 37 heavy (non-hydrogen) atoms. The Labute approximate surface area is 210 Å². The van der Waals surface area contributed by atoms with Gasteiger partial charge < -0.3 is 24.8 Å². The van der Waals surface area contributed by atoms with E-state index in [4.69, 9.17) is 15.2 Å². The highest BCUT2D eigenvalue weighted by Crippen LogP contribution is 2.30. The smallest absolute Gasteiger partial charge is 0.491 e. The summed E-state index contributed by atoms with van der Waals surface area (Å²) in [5.74, 6) is -3.38. The predicted molar refractivity (Wildman–Crippen MR) is 126 cm³/mol. The van der Waals surface area contributed by atoms with E-state index >= 15 is 0 Å². The first-order valence-electron chi connectivity index (χ1n) is 11.0. The van der Waals surface area contributed by atoms with Crippen molar-refractivity contribution >= 4 is 11.9 Å². The van der Waals surface area contributed by atoms with Crippen LogP contribution in [0.2, 0.25) is 0 Å². The fourth-order valence-corrected chi connectivity index (χ4v) is 3.39. The molecule has 0 aromatic heterocycles. The van der Waals surface area contributed by atoms with E-state index in [1.165, 1.54) is 36.3 Å². The maximum Gasteiger partial charge on any atom is 0.491 e. The minimum atomic E-state index is -5.22. The molecule has 0 radical (unpaired) electrons. The van der Waals surface area contributed by atoms with E-state index in [2.05, 4.69) is 4.74 Å². The van der Waals surface area contributed by atoms with Crippen LogP contribution in [0.5, 0.6) is 17.2 Å². The van der Waals surface area contributed by atoms with Crippen LogP contribution in [0.15, 0.2) is 66.7 Å². The molecule has 0 heterocycles. The van der Waals surface area contributed by atoms with Crippen LogP contribution in [0.1, 0.15) is 21.5 Å². The number of rotatable bonds is 10. The number of halogens is 4. The number of hydrogen-bond donors (Lipinski definition) is 1. The van der Waals surface area contributed by atoms with Gasteiger partial charge in [0.1, 0.15) is 18.2 Å². The normalized spacial score (nSPS) is 11.1. The van der Waals surface area contributed by atoms with E-state index in [0.717, 1.165) is 6.07 Å². The summed E-state index contributed by atoms with van der Waals surface area (Å²) in [6.07, 6.45) is -5.22. The van der Waals surface area contributed by atoms with Gasteiger partial charge in [-0.15, -0.1) is 0 Å². The van der Waals surface area contributed by atoms with E-state index in [0.29, 0.717) is 22.6 Å². The Morgan fingerprint density at radius 1 is 0.946 bits per heavy atom. The summed E-state index contributed by atoms with van der Waals surface area (Å²) >= 11 is 0. The van der Waals surface area contributed by atoms with Crippen LogP contribution in [0.4, 0.5) is 17.6 Å². The number of para-hydroxylation sites is 1. The van der Waals surface area contributed by atoms with Crippen molar-refractivity contribution in [2.24, 2.45) is 5.73 Å². The van der Waals surface area contributed by atoms with E-state index in [1.807, 2.05) is 0 Å². The Kier molecular flexibility index (Phi) is 9.07. The molecule has 3 rings (SSSR count). The van der Waals surface area contributed by atoms with Crippen LogP contribution in [-0.4, -0.2) is 43.2 Å². The van der Waals surface area contributed by atoms with E-state index in [-0.39, 0.29) is 31.8 Å². The van der Waals surface area contributed by atoms with Gasteiger partial charge in [0, 0.05) is 25.2 Å². The maximum atomic E-state index is 13.9. The van der Waals surface area contributed by atoms with Gasteiger partial charge in [-0.1, -0.05) is 36.4 Å². The number of amides is 1. The molecule has 1 amide bonds. The van der Waals surface area contributed by atoms with Gasteiger partial charge in [-0.3, -0.25) is 4.79 Å². The summed E-state index contributed by atoms with van der Waals surface area (Å²) in [7, 11) is 1.42. The second-order valence-corrected chi connectivity index (χ2v) is 7.76. The topological polar surface area (TPSA) is 91.1 Å². The molecule has 0 fully saturated rings. The molecule has 3 aromatic rings. The number of benzene rings is 3. The van der Waals surface area contributed by atoms with Crippen LogP contribution >= 0.6 is 0 Å². The molecule has 2 N–H and O–H groups in total. The summed E-state index contributed by atoms with van der Waals surface area (Å²) in [5.41, 5.74) is 6.39. The zero-order valence-corrected chi connectivity index (χ0v) is 19.8. The van der Waals surface area contributed by atoms with Gasteiger partial charge in [0.25, 0.3) is 5.91 Å². The number of nitrogens with two attached hydrogens (primary N) is 1. The molecule has 0 bridgehead atoms. The van der Waals surface area contributed by atoms with Crippen molar-refractivity contribution in [1.29, 1.82) is 0 Å². The molecule has 11 heteroatoms. The summed E-state index contributed by atoms with van der Waals surface area (Å²) in [5, 5.41) is 0. The first-order chi connectivity index (χ1) is 17.6. The quantitative estimate of drug-likeness (QED) is 0.241. The molecule has 0 atom stereocenters. The zero-order valence-electron chi connectivity index (χ0n) is 19.8. The minimum Gasteiger partial charge on any atom is -0.493 e. The van der Waals surface area contributed by atoms with Gasteiger partial charge in [-0.25, -0.2) is 9.18 Å². The summed E-state index contributed by atoms with van der Waals surface area (Å²) in [4.78, 5) is 25.8. The fourth-order valence-electron chi connectivity index (χ4n) is 3.39. The van der Waals surface area contributed by atoms with Gasteiger partial charge >= 0.3 is 12.1 Å². The molecule has 196 valence electrons. The summed E-state index contributed by atoms with van der Waals surface area (Å²) < 4.78 is 67.4. The number of carbonyl (C=O) groups excluding carboxylic acids is 2. The number of hydrogen-bond acceptors (Lipinski definition) is 6. The summed E-state index contributed by atoms with van der Waals surface area (Å²) in [6, 6.07) is 16.2. The minimum absolute atomic E-state index is 0.0154. The lowest BCUT2D eigenvalue weighted by atomic mass is 10.1. The highest BCUT2D eigenvalue weighted by atomic mass is 19.4. The van der Waals surface area contributed by atoms with E-state index in [1.54, 1.807) is 36.4 Å². The average molecular weight is 520 g/mol. The van der Waals surface area contributed by atoms with Crippen LogP contribution in [-0.2, 0) is 17.9 Å². The third-order valence-corrected chi connectivity index (χ3v) is 5.18. The van der Waals surface area contributed by atoms with Crippen molar-refractivity contribution in [3.8, 4) is 17.2 Å². The monoisotopic (exact) mass is 520 g/mol. The molecule has 0 aliphatic heterocycles. The van der Waals surface area contributed by atoms with Crippen molar-refractivity contribution in [3.63, 3.8) is 0 Å². The molecule has 0 aliphatic rings. The van der Waals surface area contributed by atoms with E-state index < -0.39 is 29.6 Å². The lowest BCUT2D eigenvalue weighted by Gasteiger charge is -2.24. The molecular formula is C26H24F4N2O5. The van der Waals surface area contributed by atoms with Crippen LogP contribution in [0.3, 0.4) is 0 Å². The van der Waals surface area contributed by atoms with Crippen molar-refractivity contribution in [2.75, 3.05) is 20.2 Å². The fraction of sp³-hybridized carbons (Fsp3) is 0.231. The molecule has 0 saturated carbocycles. The maximum absolute atomic E-state index is 13.9. The van der Waals surface area contributed by atoms with Crippen LogP contribution in [0, 0.1) is 5.82 Å². The Hall–Kier alpha value is -4.12. The highest BCUT2D eigenvalue weighted by Gasteiger charge is 2.42. The van der Waals surface area contributed by atoms with Crippen molar-refractivity contribution < 1.29 is 41.4 Å². The van der Waals surface area contributed by atoms with Crippen LogP contribution in [0.25, 0.3) is 0 Å². The third-order valence-electron chi connectivity index (χ3n) is 5.18. The Bertz CT molecular complexity index is 1250.